The molecule has 1 atom stereocenters. The molecule has 0 radical (unpaired) electrons. The van der Waals surface area contributed by atoms with E-state index < -0.39 is 18.1 Å². The predicted octanol–water partition coefficient (Wildman–Crippen LogP) is 0.443. The number of hydrogen-bond acceptors (Lipinski definition) is 6. The zero-order valence-corrected chi connectivity index (χ0v) is 11.6. The lowest BCUT2D eigenvalue weighted by atomic mass is 10.2. The molecule has 9 nitrogen and oxygen atoms in total. The van der Waals surface area contributed by atoms with Crippen molar-refractivity contribution in [2.45, 2.75) is 25.6 Å². The summed E-state index contributed by atoms with van der Waals surface area (Å²) < 4.78 is 6.37. The molecule has 0 aliphatic heterocycles. The van der Waals surface area contributed by atoms with E-state index in [-0.39, 0.29) is 19.6 Å². The van der Waals surface area contributed by atoms with Crippen molar-refractivity contribution in [2.75, 3.05) is 0 Å². The van der Waals surface area contributed by atoms with Gasteiger partial charge in [0, 0.05) is 6.54 Å². The van der Waals surface area contributed by atoms with Crippen LogP contribution >= 0.6 is 0 Å². The minimum Gasteiger partial charge on any atom is -0.480 e. The Morgan fingerprint density at radius 2 is 2.09 bits per heavy atom. The van der Waals surface area contributed by atoms with E-state index in [0.29, 0.717) is 0 Å². The van der Waals surface area contributed by atoms with Crippen molar-refractivity contribution in [1.29, 1.82) is 0 Å². The Kier molecular flexibility index (Phi) is 5.41. The second-order valence-corrected chi connectivity index (χ2v) is 4.46. The molecule has 0 spiro atoms. The van der Waals surface area contributed by atoms with Gasteiger partial charge in [-0.3, -0.25) is 0 Å². The van der Waals surface area contributed by atoms with E-state index in [4.69, 9.17) is 9.84 Å². The molecule has 0 aliphatic rings. The molecule has 22 heavy (non-hydrogen) atoms. The molecule has 2 rings (SSSR count). The Bertz CT molecular complexity index is 602. The van der Waals surface area contributed by atoms with Crippen LogP contribution in [0.4, 0.5) is 4.79 Å². The number of tetrazole rings is 1. The van der Waals surface area contributed by atoms with E-state index in [2.05, 4.69) is 20.8 Å². The van der Waals surface area contributed by atoms with Gasteiger partial charge >= 0.3 is 12.1 Å². The molecular weight excluding hydrogens is 290 g/mol. The first kappa shape index (κ1) is 15.4. The van der Waals surface area contributed by atoms with Gasteiger partial charge in [-0.15, -0.1) is 5.10 Å². The molecule has 2 N–H and O–H groups in total. The van der Waals surface area contributed by atoms with Crippen LogP contribution < -0.4 is 5.32 Å². The molecule has 0 bridgehead atoms. The van der Waals surface area contributed by atoms with Crippen LogP contribution in [0, 0.1) is 0 Å². The average Bonchev–Trinajstić information content (AvgIpc) is 3.03. The number of carboxylic acid groups (broad SMARTS) is 1. The number of aliphatic carboxylic acids is 1. The summed E-state index contributed by atoms with van der Waals surface area (Å²) in [7, 11) is 0. The highest BCUT2D eigenvalue weighted by Gasteiger charge is 2.20. The fourth-order valence-corrected chi connectivity index (χ4v) is 1.71. The second kappa shape index (κ2) is 7.72. The minimum absolute atomic E-state index is 0.0754. The number of ether oxygens (including phenoxy) is 1. The molecule has 1 unspecified atom stereocenters. The summed E-state index contributed by atoms with van der Waals surface area (Å²) >= 11 is 0. The standard InChI is InChI=1S/C13H15N5O4/c19-12(20)11(6-7-18-9-14-16-17-18)15-13(21)22-8-10-4-2-1-3-5-10/h1-5,9,11H,6-8H2,(H,15,21)(H,19,20). The van der Waals surface area contributed by atoms with Gasteiger partial charge in [-0.25, -0.2) is 14.3 Å². The predicted molar refractivity (Wildman–Crippen MR) is 73.6 cm³/mol. The summed E-state index contributed by atoms with van der Waals surface area (Å²) in [6.07, 6.45) is 0.723. The van der Waals surface area contributed by atoms with Crippen molar-refractivity contribution in [3.8, 4) is 0 Å². The normalized spacial score (nSPS) is 11.6. The van der Waals surface area contributed by atoms with Crippen molar-refractivity contribution < 1.29 is 19.4 Å². The first-order valence-electron chi connectivity index (χ1n) is 6.56. The van der Waals surface area contributed by atoms with E-state index >= 15 is 0 Å². The second-order valence-electron chi connectivity index (χ2n) is 4.46. The van der Waals surface area contributed by atoms with Crippen molar-refractivity contribution in [3.63, 3.8) is 0 Å². The summed E-state index contributed by atoms with van der Waals surface area (Å²) in [5, 5.41) is 21.9. The first-order chi connectivity index (χ1) is 10.6. The molecule has 1 heterocycles. The lowest BCUT2D eigenvalue weighted by molar-refractivity contribution is -0.139. The van der Waals surface area contributed by atoms with Gasteiger partial charge in [0.1, 0.15) is 19.0 Å². The highest BCUT2D eigenvalue weighted by molar-refractivity contribution is 5.79. The van der Waals surface area contributed by atoms with E-state index in [1.807, 2.05) is 18.2 Å². The van der Waals surface area contributed by atoms with Crippen LogP contribution in [0.5, 0.6) is 0 Å². The van der Waals surface area contributed by atoms with E-state index in [9.17, 15) is 9.59 Å². The van der Waals surface area contributed by atoms with Crippen LogP contribution in [0.15, 0.2) is 36.7 Å². The van der Waals surface area contributed by atoms with Gasteiger partial charge < -0.3 is 15.2 Å². The third-order valence-corrected chi connectivity index (χ3v) is 2.84. The van der Waals surface area contributed by atoms with Crippen molar-refractivity contribution in [1.82, 2.24) is 25.5 Å². The van der Waals surface area contributed by atoms with Gasteiger partial charge in [0.15, 0.2) is 0 Å². The molecule has 1 aromatic heterocycles. The topological polar surface area (TPSA) is 119 Å². The van der Waals surface area contributed by atoms with Crippen LogP contribution in [-0.4, -0.2) is 43.4 Å². The SMILES string of the molecule is O=C(NC(CCn1cnnn1)C(=O)O)OCc1ccccc1. The lowest BCUT2D eigenvalue weighted by Crippen LogP contribution is -2.41. The summed E-state index contributed by atoms with van der Waals surface area (Å²) in [5.74, 6) is -1.15. The van der Waals surface area contributed by atoms with Crippen LogP contribution in [0.2, 0.25) is 0 Å². The zero-order chi connectivity index (χ0) is 15.8. The van der Waals surface area contributed by atoms with Crippen molar-refractivity contribution >= 4 is 12.1 Å². The molecule has 0 saturated carbocycles. The number of amides is 1. The average molecular weight is 305 g/mol. The first-order valence-corrected chi connectivity index (χ1v) is 6.56. The third-order valence-electron chi connectivity index (χ3n) is 2.84. The zero-order valence-electron chi connectivity index (χ0n) is 11.6. The number of nitrogens with one attached hydrogen (secondary N) is 1. The van der Waals surface area contributed by atoms with Gasteiger partial charge in [0.05, 0.1) is 0 Å². The maximum atomic E-state index is 11.6. The van der Waals surface area contributed by atoms with Gasteiger partial charge in [-0.2, -0.15) is 0 Å². The highest BCUT2D eigenvalue weighted by atomic mass is 16.5. The Morgan fingerprint density at radius 1 is 1.32 bits per heavy atom. The fourth-order valence-electron chi connectivity index (χ4n) is 1.71. The number of rotatable bonds is 7. The molecule has 9 heteroatoms. The molecule has 0 saturated heterocycles. The lowest BCUT2D eigenvalue weighted by Gasteiger charge is -2.14. The third kappa shape index (κ3) is 4.85. The van der Waals surface area contributed by atoms with Gasteiger partial charge in [-0.05, 0) is 22.4 Å². The Balaban J connectivity index is 1.79. The number of benzene rings is 1. The fraction of sp³-hybridized carbons (Fsp3) is 0.308. The highest BCUT2D eigenvalue weighted by Crippen LogP contribution is 2.02. The van der Waals surface area contributed by atoms with Crippen LogP contribution in [0.3, 0.4) is 0 Å². The summed E-state index contributed by atoms with van der Waals surface area (Å²) in [6, 6.07) is 8.03. The van der Waals surface area contributed by atoms with Gasteiger partial charge in [0.25, 0.3) is 0 Å². The number of alkyl carbamates (subject to hydrolysis) is 1. The number of nitrogens with zero attached hydrogens (tertiary/aromatic N) is 4. The Hall–Kier alpha value is -2.97. The summed E-state index contributed by atoms with van der Waals surface area (Å²) in [5.41, 5.74) is 0.818. The number of carboxylic acids is 1. The summed E-state index contributed by atoms with van der Waals surface area (Å²) in [6.45, 7) is 0.342. The van der Waals surface area contributed by atoms with Gasteiger partial charge in [0.2, 0.25) is 0 Å². The molecule has 116 valence electrons. The van der Waals surface area contributed by atoms with E-state index in [0.717, 1.165) is 5.56 Å². The van der Waals surface area contributed by atoms with Crippen LogP contribution in [0.25, 0.3) is 0 Å². The quantitative estimate of drug-likeness (QED) is 0.761. The molecule has 1 aromatic carbocycles. The number of hydrogen-bond donors (Lipinski definition) is 2. The number of aromatic nitrogens is 4. The van der Waals surface area contributed by atoms with E-state index in [1.165, 1.54) is 11.0 Å². The number of carbonyl (C=O) groups is 2. The van der Waals surface area contributed by atoms with Crippen molar-refractivity contribution in [3.05, 3.63) is 42.2 Å². The van der Waals surface area contributed by atoms with Gasteiger partial charge in [-0.1, -0.05) is 30.3 Å². The molecular formula is C13H15N5O4. The molecule has 1 amide bonds. The minimum atomic E-state index is -1.15. The smallest absolute Gasteiger partial charge is 0.408 e. The largest absolute Gasteiger partial charge is 0.480 e. The Labute approximate surface area is 125 Å². The summed E-state index contributed by atoms with van der Waals surface area (Å²) in [4.78, 5) is 22.8. The number of carbonyl (C=O) groups excluding carboxylic acids is 1. The van der Waals surface area contributed by atoms with Crippen molar-refractivity contribution in [2.24, 2.45) is 0 Å². The maximum absolute atomic E-state index is 11.6. The maximum Gasteiger partial charge on any atom is 0.408 e. The molecule has 2 aromatic rings. The van der Waals surface area contributed by atoms with Crippen LogP contribution in [-0.2, 0) is 22.7 Å². The number of aryl methyl sites for hydroxylation is 1. The monoisotopic (exact) mass is 305 g/mol. The molecule has 0 aliphatic carbocycles. The Morgan fingerprint density at radius 3 is 2.73 bits per heavy atom. The van der Waals surface area contributed by atoms with E-state index in [1.54, 1.807) is 12.1 Å². The molecule has 0 fully saturated rings. The van der Waals surface area contributed by atoms with Crippen LogP contribution in [0.1, 0.15) is 12.0 Å².